The highest BCUT2D eigenvalue weighted by atomic mass is 79.9. The zero-order chi connectivity index (χ0) is 15.2. The van der Waals surface area contributed by atoms with Crippen LogP contribution in [0.4, 0.5) is 4.39 Å². The molecule has 1 atom stereocenters. The van der Waals surface area contributed by atoms with Gasteiger partial charge in [-0.05, 0) is 30.7 Å². The molecular formula is C16H18BrFN2O. The first kappa shape index (κ1) is 15.9. The summed E-state index contributed by atoms with van der Waals surface area (Å²) in [5.74, 6) is 6.06. The van der Waals surface area contributed by atoms with Crippen LogP contribution in [0.25, 0.3) is 0 Å². The summed E-state index contributed by atoms with van der Waals surface area (Å²) in [5, 5.41) is 0. The molecule has 0 aromatic heterocycles. The van der Waals surface area contributed by atoms with E-state index in [2.05, 4.69) is 21.4 Å². The van der Waals surface area contributed by atoms with E-state index >= 15 is 0 Å². The monoisotopic (exact) mass is 352 g/mol. The normalized spacial score (nSPS) is 12.2. The summed E-state index contributed by atoms with van der Waals surface area (Å²) in [7, 11) is 0. The first-order valence-electron chi connectivity index (χ1n) is 6.80. The van der Waals surface area contributed by atoms with Gasteiger partial charge in [-0.1, -0.05) is 41.1 Å². The Morgan fingerprint density at radius 1 is 1.24 bits per heavy atom. The molecule has 0 amide bonds. The van der Waals surface area contributed by atoms with Crippen LogP contribution < -0.4 is 16.0 Å². The molecule has 0 saturated carbocycles. The number of ether oxygens (including phenoxy) is 1. The van der Waals surface area contributed by atoms with E-state index in [0.717, 1.165) is 16.5 Å². The zero-order valence-electron chi connectivity index (χ0n) is 11.8. The average Bonchev–Trinajstić information content (AvgIpc) is 2.50. The van der Waals surface area contributed by atoms with E-state index in [4.69, 9.17) is 10.6 Å². The lowest BCUT2D eigenvalue weighted by molar-refractivity contribution is 0.311. The van der Waals surface area contributed by atoms with Crippen LogP contribution >= 0.6 is 15.9 Å². The van der Waals surface area contributed by atoms with Crippen LogP contribution in [0.2, 0.25) is 0 Å². The molecule has 0 bridgehead atoms. The van der Waals surface area contributed by atoms with E-state index in [-0.39, 0.29) is 5.82 Å². The van der Waals surface area contributed by atoms with E-state index in [1.165, 1.54) is 6.07 Å². The Balaban J connectivity index is 2.44. The fraction of sp³-hybridized carbons (Fsp3) is 0.250. The van der Waals surface area contributed by atoms with Gasteiger partial charge in [0, 0.05) is 15.6 Å². The summed E-state index contributed by atoms with van der Waals surface area (Å²) in [6.45, 7) is 2.64. The van der Waals surface area contributed by atoms with Gasteiger partial charge in [0.05, 0.1) is 12.6 Å². The number of hydrogen-bond donors (Lipinski definition) is 2. The first-order chi connectivity index (χ1) is 10.2. The third-order valence-electron chi connectivity index (χ3n) is 3.13. The second kappa shape index (κ2) is 7.54. The number of nitrogens with two attached hydrogens (primary N) is 1. The third-order valence-corrected chi connectivity index (χ3v) is 3.62. The van der Waals surface area contributed by atoms with Crippen molar-refractivity contribution < 1.29 is 9.13 Å². The van der Waals surface area contributed by atoms with Crippen molar-refractivity contribution in [3.63, 3.8) is 0 Å². The number of hydrazine groups is 1. The molecule has 5 heteroatoms. The minimum Gasteiger partial charge on any atom is -0.493 e. The molecule has 0 aliphatic heterocycles. The lowest BCUT2D eigenvalue weighted by Crippen LogP contribution is -2.30. The maximum absolute atomic E-state index is 14.1. The molecule has 112 valence electrons. The van der Waals surface area contributed by atoms with Crippen LogP contribution in [0.1, 0.15) is 30.5 Å². The molecule has 21 heavy (non-hydrogen) atoms. The van der Waals surface area contributed by atoms with Gasteiger partial charge < -0.3 is 4.74 Å². The predicted molar refractivity (Wildman–Crippen MR) is 85.5 cm³/mol. The molecule has 0 heterocycles. The predicted octanol–water partition coefficient (Wildman–Crippen LogP) is 3.93. The number of benzene rings is 2. The lowest BCUT2D eigenvalue weighted by atomic mass is 9.98. The Bertz CT molecular complexity index is 607. The molecule has 2 aromatic rings. The molecule has 1 unspecified atom stereocenters. The molecule has 0 saturated heterocycles. The van der Waals surface area contributed by atoms with Gasteiger partial charge >= 0.3 is 0 Å². The second-order valence-corrected chi connectivity index (χ2v) is 5.57. The molecule has 3 N–H and O–H groups in total. The Morgan fingerprint density at radius 3 is 2.71 bits per heavy atom. The van der Waals surface area contributed by atoms with Crippen molar-refractivity contribution in [3.05, 3.63) is 63.9 Å². The van der Waals surface area contributed by atoms with Gasteiger partial charge in [-0.3, -0.25) is 5.84 Å². The maximum atomic E-state index is 14.1. The van der Waals surface area contributed by atoms with Crippen molar-refractivity contribution in [2.24, 2.45) is 5.84 Å². The highest BCUT2D eigenvalue weighted by Crippen LogP contribution is 2.32. The van der Waals surface area contributed by atoms with Crippen LogP contribution in [-0.4, -0.2) is 6.61 Å². The standard InChI is InChI=1S/C16H18BrFN2O/c1-2-9-21-15-6-4-3-5-12(15)16(20-19)13-10-11(17)7-8-14(13)18/h3-8,10,16,20H,2,9,19H2,1H3. The molecule has 0 aliphatic rings. The van der Waals surface area contributed by atoms with Gasteiger partial charge in [0.25, 0.3) is 0 Å². The molecule has 0 radical (unpaired) electrons. The van der Waals surface area contributed by atoms with Crippen LogP contribution in [0, 0.1) is 5.82 Å². The second-order valence-electron chi connectivity index (χ2n) is 4.65. The molecule has 2 rings (SSSR count). The minimum atomic E-state index is -0.476. The Hall–Kier alpha value is -1.43. The molecule has 0 aliphatic carbocycles. The first-order valence-corrected chi connectivity index (χ1v) is 7.59. The number of hydrogen-bond acceptors (Lipinski definition) is 3. The van der Waals surface area contributed by atoms with Crippen molar-refractivity contribution in [3.8, 4) is 5.75 Å². The van der Waals surface area contributed by atoms with Crippen LogP contribution in [-0.2, 0) is 0 Å². The topological polar surface area (TPSA) is 47.3 Å². The van der Waals surface area contributed by atoms with Crippen molar-refractivity contribution in [2.45, 2.75) is 19.4 Å². The van der Waals surface area contributed by atoms with Gasteiger partial charge in [0.1, 0.15) is 11.6 Å². The van der Waals surface area contributed by atoms with E-state index < -0.39 is 6.04 Å². The SMILES string of the molecule is CCCOc1ccccc1C(NN)c1cc(Br)ccc1F. The molecular weight excluding hydrogens is 335 g/mol. The molecule has 2 aromatic carbocycles. The lowest BCUT2D eigenvalue weighted by Gasteiger charge is -2.21. The van der Waals surface area contributed by atoms with E-state index in [1.807, 2.05) is 31.2 Å². The molecule has 3 nitrogen and oxygen atoms in total. The summed E-state index contributed by atoms with van der Waals surface area (Å²) in [4.78, 5) is 0. The number of halogens is 2. The largest absolute Gasteiger partial charge is 0.493 e. The Kier molecular flexibility index (Phi) is 5.73. The minimum absolute atomic E-state index is 0.313. The van der Waals surface area contributed by atoms with E-state index in [9.17, 15) is 4.39 Å². The summed E-state index contributed by atoms with van der Waals surface area (Å²) in [6, 6.07) is 11.8. The van der Waals surface area contributed by atoms with E-state index in [1.54, 1.807) is 12.1 Å². The van der Waals surface area contributed by atoms with Crippen molar-refractivity contribution >= 4 is 15.9 Å². The number of nitrogens with one attached hydrogen (secondary N) is 1. The Morgan fingerprint density at radius 2 is 2.00 bits per heavy atom. The van der Waals surface area contributed by atoms with E-state index in [0.29, 0.717) is 17.9 Å². The average molecular weight is 353 g/mol. The van der Waals surface area contributed by atoms with Gasteiger partial charge in [0.15, 0.2) is 0 Å². The summed E-state index contributed by atoms with van der Waals surface area (Å²) in [6.07, 6.45) is 0.903. The third kappa shape index (κ3) is 3.81. The van der Waals surface area contributed by atoms with Crippen molar-refractivity contribution in [1.82, 2.24) is 5.43 Å². The van der Waals surface area contributed by atoms with Crippen LogP contribution in [0.15, 0.2) is 46.9 Å². The summed E-state index contributed by atoms with van der Waals surface area (Å²) >= 11 is 3.36. The number of rotatable bonds is 6. The fourth-order valence-corrected chi connectivity index (χ4v) is 2.52. The van der Waals surface area contributed by atoms with Crippen LogP contribution in [0.3, 0.4) is 0 Å². The van der Waals surface area contributed by atoms with Crippen LogP contribution in [0.5, 0.6) is 5.75 Å². The van der Waals surface area contributed by atoms with Gasteiger partial charge in [-0.2, -0.15) is 0 Å². The molecule has 0 fully saturated rings. The van der Waals surface area contributed by atoms with Crippen molar-refractivity contribution in [2.75, 3.05) is 6.61 Å². The zero-order valence-corrected chi connectivity index (χ0v) is 13.4. The summed E-state index contributed by atoms with van der Waals surface area (Å²) < 4.78 is 20.6. The summed E-state index contributed by atoms with van der Waals surface area (Å²) in [5.41, 5.74) is 3.96. The maximum Gasteiger partial charge on any atom is 0.128 e. The van der Waals surface area contributed by atoms with Gasteiger partial charge in [-0.15, -0.1) is 0 Å². The smallest absolute Gasteiger partial charge is 0.128 e. The fourth-order valence-electron chi connectivity index (χ4n) is 2.15. The quantitative estimate of drug-likeness (QED) is 0.611. The highest BCUT2D eigenvalue weighted by molar-refractivity contribution is 9.10. The van der Waals surface area contributed by atoms with Crippen molar-refractivity contribution in [1.29, 1.82) is 0 Å². The van der Waals surface area contributed by atoms with Gasteiger partial charge in [-0.25, -0.2) is 9.82 Å². The number of para-hydroxylation sites is 1. The molecule has 0 spiro atoms. The Labute approximate surface area is 132 Å². The van der Waals surface area contributed by atoms with Gasteiger partial charge in [0.2, 0.25) is 0 Å². The highest BCUT2D eigenvalue weighted by Gasteiger charge is 2.20.